The number of rotatable bonds is 4. The minimum Gasteiger partial charge on any atom is -0.457 e. The molecule has 3 heteroatoms. The molecule has 0 N–H and O–H groups in total. The molecule has 0 radical (unpaired) electrons. The molecule has 0 aliphatic carbocycles. The average molecular weight is 186 g/mol. The summed E-state index contributed by atoms with van der Waals surface area (Å²) in [4.78, 5) is 11.3. The van der Waals surface area contributed by atoms with Crippen molar-refractivity contribution in [2.45, 2.75) is 33.8 Å². The maximum Gasteiger partial charge on any atom is 0.333 e. The van der Waals surface area contributed by atoms with E-state index >= 15 is 0 Å². The molecule has 1 atom stereocenters. The monoisotopic (exact) mass is 186 g/mol. The van der Waals surface area contributed by atoms with Crippen LogP contribution in [0.25, 0.3) is 0 Å². The third kappa shape index (κ3) is 4.68. The van der Waals surface area contributed by atoms with E-state index in [2.05, 4.69) is 0 Å². The molecule has 0 rings (SSSR count). The number of methoxy groups -OCH3 is 1. The molecule has 0 aromatic rings. The number of allylic oxidation sites excluding steroid dienone is 1. The molecule has 0 heterocycles. The Hall–Kier alpha value is -0.830. The number of ether oxygens (including phenoxy) is 2. The van der Waals surface area contributed by atoms with Crippen LogP contribution in [-0.2, 0) is 14.3 Å². The van der Waals surface area contributed by atoms with Crippen LogP contribution in [0.15, 0.2) is 11.1 Å². The molecule has 0 saturated heterocycles. The Morgan fingerprint density at radius 3 is 2.23 bits per heavy atom. The highest BCUT2D eigenvalue weighted by Gasteiger charge is 2.11. The lowest BCUT2D eigenvalue weighted by Gasteiger charge is -2.12. The second-order valence-corrected chi connectivity index (χ2v) is 3.30. The van der Waals surface area contributed by atoms with Crippen LogP contribution < -0.4 is 0 Å². The number of carbonyl (C=O) groups is 1. The van der Waals surface area contributed by atoms with Crippen LogP contribution in [0.1, 0.15) is 27.7 Å². The Balaban J connectivity index is 4.09. The minimum absolute atomic E-state index is 0.188. The molecule has 0 amide bonds. The van der Waals surface area contributed by atoms with Gasteiger partial charge in [0, 0.05) is 12.7 Å². The molecule has 3 nitrogen and oxygen atoms in total. The molecule has 0 aromatic carbocycles. The van der Waals surface area contributed by atoms with Gasteiger partial charge >= 0.3 is 5.97 Å². The second kappa shape index (κ2) is 5.75. The van der Waals surface area contributed by atoms with E-state index in [-0.39, 0.29) is 12.1 Å². The molecule has 0 spiro atoms. The topological polar surface area (TPSA) is 35.5 Å². The van der Waals surface area contributed by atoms with Crippen LogP contribution >= 0.6 is 0 Å². The zero-order chi connectivity index (χ0) is 10.4. The van der Waals surface area contributed by atoms with E-state index in [0.717, 1.165) is 5.57 Å². The van der Waals surface area contributed by atoms with E-state index in [1.54, 1.807) is 21.0 Å². The van der Waals surface area contributed by atoms with E-state index in [9.17, 15) is 4.79 Å². The van der Waals surface area contributed by atoms with E-state index in [1.165, 1.54) is 0 Å². The van der Waals surface area contributed by atoms with Crippen LogP contribution in [0.5, 0.6) is 0 Å². The largest absolute Gasteiger partial charge is 0.457 e. The van der Waals surface area contributed by atoms with E-state index in [1.807, 2.05) is 13.8 Å². The van der Waals surface area contributed by atoms with Gasteiger partial charge in [-0.1, -0.05) is 5.57 Å². The van der Waals surface area contributed by atoms with Gasteiger partial charge < -0.3 is 9.47 Å². The van der Waals surface area contributed by atoms with Crippen molar-refractivity contribution < 1.29 is 14.3 Å². The summed E-state index contributed by atoms with van der Waals surface area (Å²) in [7, 11) is 1.58. The van der Waals surface area contributed by atoms with Crippen molar-refractivity contribution >= 4 is 5.97 Å². The highest BCUT2D eigenvalue weighted by Crippen LogP contribution is 2.06. The smallest absolute Gasteiger partial charge is 0.333 e. The summed E-state index contributed by atoms with van der Waals surface area (Å²) in [6, 6.07) is 0. The van der Waals surface area contributed by atoms with Crippen molar-refractivity contribution in [2.24, 2.45) is 0 Å². The van der Waals surface area contributed by atoms with E-state index in [0.29, 0.717) is 12.2 Å². The summed E-state index contributed by atoms with van der Waals surface area (Å²) >= 11 is 0. The first-order valence-corrected chi connectivity index (χ1v) is 4.33. The standard InChI is InChI=1S/C10H18O3/c1-7(2)9(4)10(11)13-8(3)6-12-5/h8H,6H2,1-5H3. The molecular weight excluding hydrogens is 168 g/mol. The Kier molecular flexibility index (Phi) is 5.39. The predicted octanol–water partition coefficient (Wildman–Crippen LogP) is 1.92. The first kappa shape index (κ1) is 12.2. The summed E-state index contributed by atoms with van der Waals surface area (Å²) in [6.45, 7) is 7.77. The summed E-state index contributed by atoms with van der Waals surface area (Å²) in [5.41, 5.74) is 1.65. The van der Waals surface area contributed by atoms with Crippen LogP contribution in [0.2, 0.25) is 0 Å². The molecular formula is C10H18O3. The zero-order valence-electron chi connectivity index (χ0n) is 9.01. The Morgan fingerprint density at radius 1 is 1.31 bits per heavy atom. The summed E-state index contributed by atoms with van der Waals surface area (Å²) in [5.74, 6) is -0.260. The van der Waals surface area contributed by atoms with Gasteiger partial charge in [-0.25, -0.2) is 4.79 Å². The van der Waals surface area contributed by atoms with E-state index in [4.69, 9.17) is 9.47 Å². The lowest BCUT2D eigenvalue weighted by molar-refractivity contribution is -0.145. The second-order valence-electron chi connectivity index (χ2n) is 3.30. The molecule has 0 aromatic heterocycles. The lowest BCUT2D eigenvalue weighted by Crippen LogP contribution is -2.20. The molecule has 0 saturated carbocycles. The highest BCUT2D eigenvalue weighted by molar-refractivity contribution is 5.88. The predicted molar refractivity (Wildman–Crippen MR) is 51.5 cm³/mol. The number of hydrogen-bond acceptors (Lipinski definition) is 3. The van der Waals surface area contributed by atoms with Crippen molar-refractivity contribution in [3.05, 3.63) is 11.1 Å². The Bertz CT molecular complexity index is 202. The van der Waals surface area contributed by atoms with Gasteiger partial charge in [-0.05, 0) is 27.7 Å². The molecule has 0 aliphatic rings. The van der Waals surface area contributed by atoms with Crippen molar-refractivity contribution in [3.63, 3.8) is 0 Å². The van der Waals surface area contributed by atoms with Crippen molar-refractivity contribution in [1.82, 2.24) is 0 Å². The molecule has 76 valence electrons. The normalized spacial score (nSPS) is 12.1. The van der Waals surface area contributed by atoms with Crippen LogP contribution in [0.3, 0.4) is 0 Å². The van der Waals surface area contributed by atoms with Crippen LogP contribution in [0, 0.1) is 0 Å². The van der Waals surface area contributed by atoms with Gasteiger partial charge in [-0.2, -0.15) is 0 Å². The third-order valence-corrected chi connectivity index (χ3v) is 1.77. The minimum atomic E-state index is -0.260. The fourth-order valence-electron chi connectivity index (χ4n) is 0.744. The van der Waals surface area contributed by atoms with Crippen molar-refractivity contribution in [3.8, 4) is 0 Å². The highest BCUT2D eigenvalue weighted by atomic mass is 16.6. The third-order valence-electron chi connectivity index (χ3n) is 1.77. The summed E-state index contributed by atoms with van der Waals surface area (Å²) in [5, 5.41) is 0. The zero-order valence-corrected chi connectivity index (χ0v) is 9.01. The molecule has 0 fully saturated rings. The van der Waals surface area contributed by atoms with Gasteiger partial charge in [0.2, 0.25) is 0 Å². The van der Waals surface area contributed by atoms with Gasteiger partial charge in [-0.15, -0.1) is 0 Å². The first-order chi connectivity index (χ1) is 5.99. The quantitative estimate of drug-likeness (QED) is 0.497. The van der Waals surface area contributed by atoms with Gasteiger partial charge in [-0.3, -0.25) is 0 Å². The summed E-state index contributed by atoms with van der Waals surface area (Å²) in [6.07, 6.45) is -0.188. The van der Waals surface area contributed by atoms with Crippen LogP contribution in [0.4, 0.5) is 0 Å². The van der Waals surface area contributed by atoms with E-state index < -0.39 is 0 Å². The first-order valence-electron chi connectivity index (χ1n) is 4.33. The number of esters is 1. The van der Waals surface area contributed by atoms with Crippen LogP contribution in [-0.4, -0.2) is 25.8 Å². The molecule has 0 bridgehead atoms. The van der Waals surface area contributed by atoms with Gasteiger partial charge in [0.1, 0.15) is 6.10 Å². The van der Waals surface area contributed by atoms with Gasteiger partial charge in [0.05, 0.1) is 6.61 Å². The molecule has 0 aliphatic heterocycles. The maximum atomic E-state index is 11.3. The number of carbonyl (C=O) groups excluding carboxylic acids is 1. The molecule has 1 unspecified atom stereocenters. The lowest BCUT2D eigenvalue weighted by atomic mass is 10.2. The maximum absolute atomic E-state index is 11.3. The Labute approximate surface area is 79.7 Å². The van der Waals surface area contributed by atoms with Crippen molar-refractivity contribution in [2.75, 3.05) is 13.7 Å². The average Bonchev–Trinajstić information content (AvgIpc) is 2.03. The fraction of sp³-hybridized carbons (Fsp3) is 0.700. The Morgan fingerprint density at radius 2 is 1.85 bits per heavy atom. The van der Waals surface area contributed by atoms with Gasteiger partial charge in [0.15, 0.2) is 0 Å². The number of hydrogen-bond donors (Lipinski definition) is 0. The molecule has 13 heavy (non-hydrogen) atoms. The van der Waals surface area contributed by atoms with Gasteiger partial charge in [0.25, 0.3) is 0 Å². The van der Waals surface area contributed by atoms with Crippen molar-refractivity contribution in [1.29, 1.82) is 0 Å². The fourth-order valence-corrected chi connectivity index (χ4v) is 0.744. The SMILES string of the molecule is COCC(C)OC(=O)C(C)=C(C)C. The summed E-state index contributed by atoms with van der Waals surface area (Å²) < 4.78 is 9.94.